The summed E-state index contributed by atoms with van der Waals surface area (Å²) in [6, 6.07) is 0.00342. The molecule has 20 heavy (non-hydrogen) atoms. The van der Waals surface area contributed by atoms with E-state index in [9.17, 15) is 8.42 Å². The molecular weight excluding hydrogens is 280 g/mol. The van der Waals surface area contributed by atoms with Gasteiger partial charge in [-0.3, -0.25) is 4.68 Å². The van der Waals surface area contributed by atoms with E-state index in [1.165, 1.54) is 17.1 Å². The minimum Gasteiger partial charge on any atom is -0.394 e. The van der Waals surface area contributed by atoms with Gasteiger partial charge in [0, 0.05) is 18.8 Å². The zero-order valence-electron chi connectivity index (χ0n) is 11.3. The number of nitrogens with zero attached hydrogens (tertiary/aromatic N) is 3. The van der Waals surface area contributed by atoms with Gasteiger partial charge in [-0.1, -0.05) is 0 Å². The monoisotopic (exact) mass is 300 g/mol. The molecule has 1 atom stereocenters. The van der Waals surface area contributed by atoms with E-state index in [-0.39, 0.29) is 17.5 Å². The van der Waals surface area contributed by atoms with Crippen LogP contribution in [0.25, 0.3) is 0 Å². The van der Waals surface area contributed by atoms with Crippen molar-refractivity contribution in [1.82, 2.24) is 19.4 Å². The molecule has 4 heterocycles. The molecule has 0 saturated carbocycles. The lowest BCUT2D eigenvalue weighted by Gasteiger charge is -2.44. The number of fused-ring (bicyclic) bond motifs is 3. The largest absolute Gasteiger partial charge is 0.394 e. The highest BCUT2D eigenvalue weighted by atomic mass is 32.2. The highest BCUT2D eigenvalue weighted by Gasteiger charge is 2.36. The number of aliphatic hydroxyl groups is 1. The molecule has 7 nitrogen and oxygen atoms in total. The molecule has 1 aromatic rings. The van der Waals surface area contributed by atoms with Gasteiger partial charge < -0.3 is 10.0 Å². The molecule has 0 amide bonds. The summed E-state index contributed by atoms with van der Waals surface area (Å²) in [5.41, 5.74) is 0. The van der Waals surface area contributed by atoms with Crippen molar-refractivity contribution < 1.29 is 13.5 Å². The Bertz CT molecular complexity index is 563. The van der Waals surface area contributed by atoms with Crippen molar-refractivity contribution in [2.24, 2.45) is 5.92 Å². The van der Waals surface area contributed by atoms with Gasteiger partial charge in [0.15, 0.2) is 0 Å². The average Bonchev–Trinajstić information content (AvgIpc) is 2.90. The lowest BCUT2D eigenvalue weighted by Crippen LogP contribution is -2.57. The van der Waals surface area contributed by atoms with Gasteiger partial charge in [0.1, 0.15) is 4.90 Å². The molecule has 3 fully saturated rings. The van der Waals surface area contributed by atoms with Crippen LogP contribution in [0.5, 0.6) is 0 Å². The van der Waals surface area contributed by atoms with Gasteiger partial charge in [0.2, 0.25) is 10.0 Å². The summed E-state index contributed by atoms with van der Waals surface area (Å²) in [7, 11) is -3.52. The van der Waals surface area contributed by atoms with Crippen molar-refractivity contribution >= 4 is 10.0 Å². The normalized spacial score (nSPS) is 29.8. The van der Waals surface area contributed by atoms with Crippen molar-refractivity contribution in [1.29, 1.82) is 0 Å². The number of nitrogens with one attached hydrogen (secondary N) is 1. The number of piperidine rings is 3. The fourth-order valence-corrected chi connectivity index (χ4v) is 4.32. The topological polar surface area (TPSA) is 87.5 Å². The van der Waals surface area contributed by atoms with E-state index in [0.29, 0.717) is 12.5 Å². The molecule has 3 aliphatic rings. The second-order valence-electron chi connectivity index (χ2n) is 5.53. The Labute approximate surface area is 118 Å². The lowest BCUT2D eigenvalue weighted by molar-refractivity contribution is 0.0827. The lowest BCUT2D eigenvalue weighted by atomic mass is 9.85. The Morgan fingerprint density at radius 1 is 1.40 bits per heavy atom. The van der Waals surface area contributed by atoms with Crippen molar-refractivity contribution in [3.8, 4) is 0 Å². The SMILES string of the molecule is O=S(=O)(NC1CN2CCC1CC2)c1cnn(CCO)c1. The third-order valence-electron chi connectivity index (χ3n) is 4.21. The summed E-state index contributed by atoms with van der Waals surface area (Å²) >= 11 is 0. The van der Waals surface area contributed by atoms with Gasteiger partial charge in [-0.05, 0) is 31.8 Å². The zero-order valence-corrected chi connectivity index (χ0v) is 12.1. The van der Waals surface area contributed by atoms with Crippen LogP contribution in [0.4, 0.5) is 0 Å². The standard InChI is InChI=1S/C12H20N4O3S/c17-6-5-16-8-11(7-13-16)20(18,19)14-12-9-15-3-1-10(12)2-4-15/h7-8,10,12,14,17H,1-6,9H2. The molecule has 0 aliphatic carbocycles. The number of aromatic nitrogens is 2. The second-order valence-corrected chi connectivity index (χ2v) is 7.24. The zero-order chi connectivity index (χ0) is 14.2. The summed E-state index contributed by atoms with van der Waals surface area (Å²) in [5.74, 6) is 0.447. The predicted octanol–water partition coefficient (Wildman–Crippen LogP) is -0.752. The summed E-state index contributed by atoms with van der Waals surface area (Å²) in [5, 5.41) is 12.8. The van der Waals surface area contributed by atoms with E-state index >= 15 is 0 Å². The molecule has 112 valence electrons. The average molecular weight is 300 g/mol. The molecular formula is C12H20N4O3S. The van der Waals surface area contributed by atoms with Crippen LogP contribution in [0.2, 0.25) is 0 Å². The maximum absolute atomic E-state index is 12.3. The highest BCUT2D eigenvalue weighted by Crippen LogP contribution is 2.28. The molecule has 3 saturated heterocycles. The maximum Gasteiger partial charge on any atom is 0.243 e. The molecule has 8 heteroatoms. The summed E-state index contributed by atoms with van der Waals surface area (Å²) < 4.78 is 28.9. The van der Waals surface area contributed by atoms with E-state index in [1.54, 1.807) is 0 Å². The number of hydrogen-bond acceptors (Lipinski definition) is 5. The second kappa shape index (κ2) is 5.44. The molecule has 0 spiro atoms. The minimum absolute atomic E-state index is 0.00342. The van der Waals surface area contributed by atoms with E-state index in [2.05, 4.69) is 14.7 Å². The molecule has 2 bridgehead atoms. The van der Waals surface area contributed by atoms with Gasteiger partial charge in [0.25, 0.3) is 0 Å². The van der Waals surface area contributed by atoms with Gasteiger partial charge in [0.05, 0.1) is 19.3 Å². The molecule has 1 unspecified atom stereocenters. The fraction of sp³-hybridized carbons (Fsp3) is 0.750. The summed E-state index contributed by atoms with van der Waals surface area (Å²) in [4.78, 5) is 2.48. The van der Waals surface area contributed by atoms with Crippen molar-refractivity contribution in [2.45, 2.75) is 30.3 Å². The Hall–Kier alpha value is -0.960. The van der Waals surface area contributed by atoms with Gasteiger partial charge >= 0.3 is 0 Å². The molecule has 0 aromatic carbocycles. The quantitative estimate of drug-likeness (QED) is 0.747. The van der Waals surface area contributed by atoms with Gasteiger partial charge in [-0.2, -0.15) is 5.10 Å². The van der Waals surface area contributed by atoms with Crippen LogP contribution in [0.1, 0.15) is 12.8 Å². The number of sulfonamides is 1. The van der Waals surface area contributed by atoms with Crippen molar-refractivity contribution in [3.63, 3.8) is 0 Å². The van der Waals surface area contributed by atoms with Crippen LogP contribution >= 0.6 is 0 Å². The molecule has 0 radical (unpaired) electrons. The molecule has 2 N–H and O–H groups in total. The summed E-state index contributed by atoms with van der Waals surface area (Å²) in [6.07, 6.45) is 4.92. The van der Waals surface area contributed by atoms with E-state index in [1.807, 2.05) is 0 Å². The maximum atomic E-state index is 12.3. The number of rotatable bonds is 5. The van der Waals surface area contributed by atoms with Gasteiger partial charge in [-0.15, -0.1) is 0 Å². The first-order valence-electron chi connectivity index (χ1n) is 6.96. The molecule has 3 aliphatic heterocycles. The number of hydrogen-bond donors (Lipinski definition) is 2. The predicted molar refractivity (Wildman–Crippen MR) is 72.6 cm³/mol. The smallest absolute Gasteiger partial charge is 0.243 e. The highest BCUT2D eigenvalue weighted by molar-refractivity contribution is 7.89. The Kier molecular flexibility index (Phi) is 3.80. The number of aliphatic hydroxyl groups excluding tert-OH is 1. The first-order chi connectivity index (χ1) is 9.58. The van der Waals surface area contributed by atoms with Crippen LogP contribution in [0.15, 0.2) is 17.3 Å². The first kappa shape index (κ1) is 14.0. The van der Waals surface area contributed by atoms with E-state index in [0.717, 1.165) is 32.5 Å². The van der Waals surface area contributed by atoms with Crippen LogP contribution in [-0.4, -0.2) is 60.5 Å². The summed E-state index contributed by atoms with van der Waals surface area (Å²) in [6.45, 7) is 3.20. The fourth-order valence-electron chi connectivity index (χ4n) is 3.07. The van der Waals surface area contributed by atoms with Crippen molar-refractivity contribution in [2.75, 3.05) is 26.2 Å². The minimum atomic E-state index is -3.52. The first-order valence-corrected chi connectivity index (χ1v) is 8.45. The van der Waals surface area contributed by atoms with Crippen LogP contribution in [0.3, 0.4) is 0 Å². The Morgan fingerprint density at radius 2 is 2.15 bits per heavy atom. The van der Waals surface area contributed by atoms with Crippen LogP contribution in [-0.2, 0) is 16.6 Å². The third kappa shape index (κ3) is 2.73. The van der Waals surface area contributed by atoms with E-state index in [4.69, 9.17) is 5.11 Å². The van der Waals surface area contributed by atoms with Crippen LogP contribution in [0, 0.1) is 5.92 Å². The molecule has 4 rings (SSSR count). The van der Waals surface area contributed by atoms with Gasteiger partial charge in [-0.25, -0.2) is 13.1 Å². The van der Waals surface area contributed by atoms with Crippen molar-refractivity contribution in [3.05, 3.63) is 12.4 Å². The van der Waals surface area contributed by atoms with E-state index < -0.39 is 10.0 Å². The van der Waals surface area contributed by atoms with Crippen LogP contribution < -0.4 is 4.72 Å². The Balaban J connectivity index is 1.71. The Morgan fingerprint density at radius 3 is 2.75 bits per heavy atom. The third-order valence-corrected chi connectivity index (χ3v) is 5.66. The molecule has 1 aromatic heterocycles.